The molecule has 0 aliphatic heterocycles. The fraction of sp³-hybridized carbons (Fsp3) is 0.0769. The van der Waals surface area contributed by atoms with E-state index in [9.17, 15) is 0 Å². The average molecular weight is 288 g/mol. The Hall–Kier alpha value is -0.890. The van der Waals surface area contributed by atoms with Crippen LogP contribution in [0.5, 0.6) is 5.75 Å². The zero-order chi connectivity index (χ0) is 12.3. The third-order valence-electron chi connectivity index (χ3n) is 2.20. The summed E-state index contributed by atoms with van der Waals surface area (Å²) in [5.74, 6) is 0.702. The molecule has 0 spiro atoms. The lowest BCUT2D eigenvalue weighted by molar-refractivity contribution is 0.306. The highest BCUT2D eigenvalue weighted by molar-refractivity contribution is 6.33. The Kier molecular flexibility index (Phi) is 4.16. The Bertz CT molecular complexity index is 526. The molecule has 0 aliphatic rings. The summed E-state index contributed by atoms with van der Waals surface area (Å²) < 4.78 is 5.58. The molecule has 0 bridgehead atoms. The predicted molar refractivity (Wildman–Crippen MR) is 72.2 cm³/mol. The summed E-state index contributed by atoms with van der Waals surface area (Å²) in [6.45, 7) is 0.361. The molecule has 88 valence electrons. The SMILES string of the molecule is Clc1cccc(OCc2cc(Cl)ccc2Cl)c1. The van der Waals surface area contributed by atoms with Crippen LogP contribution in [0.2, 0.25) is 15.1 Å². The second-order valence-electron chi connectivity index (χ2n) is 3.48. The Morgan fingerprint density at radius 2 is 1.65 bits per heavy atom. The van der Waals surface area contributed by atoms with Crippen LogP contribution in [0.15, 0.2) is 42.5 Å². The molecule has 0 unspecified atom stereocenters. The standard InChI is InChI=1S/C13H9Cl3O/c14-10-2-1-3-12(7-10)17-8-9-6-11(15)4-5-13(9)16/h1-7H,8H2. The number of hydrogen-bond acceptors (Lipinski definition) is 1. The van der Waals surface area contributed by atoms with Crippen molar-refractivity contribution < 1.29 is 4.74 Å². The minimum atomic E-state index is 0.361. The molecule has 2 aromatic carbocycles. The summed E-state index contributed by atoms with van der Waals surface area (Å²) in [5, 5.41) is 1.91. The summed E-state index contributed by atoms with van der Waals surface area (Å²) in [6.07, 6.45) is 0. The van der Waals surface area contributed by atoms with Crippen molar-refractivity contribution in [2.24, 2.45) is 0 Å². The molecule has 17 heavy (non-hydrogen) atoms. The third-order valence-corrected chi connectivity index (χ3v) is 3.04. The molecule has 0 N–H and O–H groups in total. The van der Waals surface area contributed by atoms with Gasteiger partial charge in [-0.2, -0.15) is 0 Å². The minimum Gasteiger partial charge on any atom is -0.489 e. The van der Waals surface area contributed by atoms with E-state index in [2.05, 4.69) is 0 Å². The maximum absolute atomic E-state index is 6.03. The van der Waals surface area contributed by atoms with Gasteiger partial charge in [0, 0.05) is 20.6 Å². The Balaban J connectivity index is 2.09. The first kappa shape index (κ1) is 12.6. The lowest BCUT2D eigenvalue weighted by Crippen LogP contribution is -1.96. The maximum Gasteiger partial charge on any atom is 0.121 e. The molecule has 0 saturated heterocycles. The number of ether oxygens (including phenoxy) is 1. The summed E-state index contributed by atoms with van der Waals surface area (Å²) in [7, 11) is 0. The van der Waals surface area contributed by atoms with Crippen LogP contribution < -0.4 is 4.74 Å². The van der Waals surface area contributed by atoms with Crippen molar-refractivity contribution in [3.05, 3.63) is 63.1 Å². The van der Waals surface area contributed by atoms with Crippen LogP contribution in [-0.2, 0) is 6.61 Å². The molecule has 0 fully saturated rings. The van der Waals surface area contributed by atoms with Crippen LogP contribution in [-0.4, -0.2) is 0 Å². The van der Waals surface area contributed by atoms with E-state index in [1.54, 1.807) is 30.3 Å². The first-order chi connectivity index (χ1) is 8.15. The van der Waals surface area contributed by atoms with Crippen LogP contribution in [0.25, 0.3) is 0 Å². The largest absolute Gasteiger partial charge is 0.489 e. The average Bonchev–Trinajstić information content (AvgIpc) is 2.30. The monoisotopic (exact) mass is 286 g/mol. The van der Waals surface area contributed by atoms with Gasteiger partial charge in [-0.1, -0.05) is 40.9 Å². The number of rotatable bonds is 3. The number of hydrogen-bond donors (Lipinski definition) is 0. The van der Waals surface area contributed by atoms with E-state index in [1.165, 1.54) is 0 Å². The van der Waals surface area contributed by atoms with Gasteiger partial charge in [0.2, 0.25) is 0 Å². The van der Waals surface area contributed by atoms with Gasteiger partial charge in [-0.05, 0) is 36.4 Å². The first-order valence-corrected chi connectivity index (χ1v) is 6.11. The summed E-state index contributed by atoms with van der Waals surface area (Å²) in [4.78, 5) is 0. The summed E-state index contributed by atoms with van der Waals surface area (Å²) in [6, 6.07) is 12.5. The van der Waals surface area contributed by atoms with E-state index in [1.807, 2.05) is 12.1 Å². The molecule has 0 amide bonds. The van der Waals surface area contributed by atoms with Crippen LogP contribution in [0, 0.1) is 0 Å². The molecular weight excluding hydrogens is 279 g/mol. The van der Waals surface area contributed by atoms with Crippen molar-refractivity contribution >= 4 is 34.8 Å². The van der Waals surface area contributed by atoms with E-state index in [-0.39, 0.29) is 0 Å². The second kappa shape index (κ2) is 5.63. The van der Waals surface area contributed by atoms with Crippen LogP contribution in [0.4, 0.5) is 0 Å². The van der Waals surface area contributed by atoms with Crippen molar-refractivity contribution in [2.75, 3.05) is 0 Å². The molecule has 2 rings (SSSR count). The van der Waals surface area contributed by atoms with Crippen molar-refractivity contribution in [2.45, 2.75) is 6.61 Å². The van der Waals surface area contributed by atoms with Crippen LogP contribution >= 0.6 is 34.8 Å². The van der Waals surface area contributed by atoms with E-state index in [4.69, 9.17) is 39.5 Å². The Morgan fingerprint density at radius 3 is 2.41 bits per heavy atom. The predicted octanol–water partition coefficient (Wildman–Crippen LogP) is 5.23. The highest BCUT2D eigenvalue weighted by atomic mass is 35.5. The second-order valence-corrected chi connectivity index (χ2v) is 4.76. The van der Waals surface area contributed by atoms with Gasteiger partial charge in [-0.25, -0.2) is 0 Å². The fourth-order valence-electron chi connectivity index (χ4n) is 1.37. The molecule has 0 saturated carbocycles. The number of halogens is 3. The molecule has 0 aromatic heterocycles. The third kappa shape index (κ3) is 3.53. The molecule has 1 nitrogen and oxygen atoms in total. The fourth-order valence-corrected chi connectivity index (χ4v) is 1.92. The van der Waals surface area contributed by atoms with Crippen molar-refractivity contribution in [1.82, 2.24) is 0 Å². The van der Waals surface area contributed by atoms with E-state index in [0.717, 1.165) is 5.56 Å². The van der Waals surface area contributed by atoms with Gasteiger partial charge in [0.25, 0.3) is 0 Å². The molecule has 0 aliphatic carbocycles. The van der Waals surface area contributed by atoms with Crippen molar-refractivity contribution in [3.63, 3.8) is 0 Å². The van der Waals surface area contributed by atoms with Gasteiger partial charge < -0.3 is 4.74 Å². The molecule has 0 radical (unpaired) electrons. The highest BCUT2D eigenvalue weighted by Gasteiger charge is 2.03. The van der Waals surface area contributed by atoms with Gasteiger partial charge in [0.1, 0.15) is 12.4 Å². The minimum absolute atomic E-state index is 0.361. The quantitative estimate of drug-likeness (QED) is 0.751. The Labute approximate surface area is 115 Å². The van der Waals surface area contributed by atoms with E-state index in [0.29, 0.717) is 27.4 Å². The molecule has 0 heterocycles. The van der Waals surface area contributed by atoms with Gasteiger partial charge in [0.15, 0.2) is 0 Å². The smallest absolute Gasteiger partial charge is 0.121 e. The van der Waals surface area contributed by atoms with Crippen LogP contribution in [0.1, 0.15) is 5.56 Å². The van der Waals surface area contributed by atoms with Crippen molar-refractivity contribution in [1.29, 1.82) is 0 Å². The summed E-state index contributed by atoms with van der Waals surface area (Å²) >= 11 is 17.8. The number of benzene rings is 2. The molecule has 4 heteroatoms. The highest BCUT2D eigenvalue weighted by Crippen LogP contribution is 2.23. The molecule has 2 aromatic rings. The zero-order valence-corrected chi connectivity index (χ0v) is 11.1. The summed E-state index contributed by atoms with van der Waals surface area (Å²) in [5.41, 5.74) is 0.846. The normalized spacial score (nSPS) is 10.3. The lowest BCUT2D eigenvalue weighted by Gasteiger charge is -2.08. The van der Waals surface area contributed by atoms with E-state index < -0.39 is 0 Å². The zero-order valence-electron chi connectivity index (χ0n) is 8.79. The van der Waals surface area contributed by atoms with Crippen molar-refractivity contribution in [3.8, 4) is 5.75 Å². The Morgan fingerprint density at radius 1 is 0.882 bits per heavy atom. The topological polar surface area (TPSA) is 9.23 Å². The first-order valence-electron chi connectivity index (χ1n) is 4.97. The van der Waals surface area contributed by atoms with Gasteiger partial charge in [-0.3, -0.25) is 0 Å². The van der Waals surface area contributed by atoms with Crippen LogP contribution in [0.3, 0.4) is 0 Å². The lowest BCUT2D eigenvalue weighted by atomic mass is 10.2. The maximum atomic E-state index is 6.03. The van der Waals surface area contributed by atoms with Gasteiger partial charge in [0.05, 0.1) is 0 Å². The molecular formula is C13H9Cl3O. The molecule has 0 atom stereocenters. The van der Waals surface area contributed by atoms with E-state index >= 15 is 0 Å². The van der Waals surface area contributed by atoms with Gasteiger partial charge in [-0.15, -0.1) is 0 Å². The van der Waals surface area contributed by atoms with Gasteiger partial charge >= 0.3 is 0 Å².